The number of hydrogen-bond donors (Lipinski definition) is 0. The summed E-state index contributed by atoms with van der Waals surface area (Å²) < 4.78 is 10.4. The van der Waals surface area contributed by atoms with Gasteiger partial charge in [-0.05, 0) is 12.5 Å². The smallest absolute Gasteiger partial charge is 0.271 e. The number of benzene rings is 1. The summed E-state index contributed by atoms with van der Waals surface area (Å²) in [6.45, 7) is 4.18. The monoisotopic (exact) mass is 252 g/mol. The average molecular weight is 252 g/mol. The number of nitro groups is 1. The number of methoxy groups -OCH3 is 1. The maximum absolute atomic E-state index is 10.7. The Morgan fingerprint density at radius 3 is 2.78 bits per heavy atom. The predicted octanol–water partition coefficient (Wildman–Crippen LogP) is 3.08. The Kier molecular flexibility index (Phi) is 5.10. The summed E-state index contributed by atoms with van der Waals surface area (Å²) in [4.78, 5) is 14.4. The van der Waals surface area contributed by atoms with Crippen molar-refractivity contribution in [2.45, 2.75) is 20.3 Å². The van der Waals surface area contributed by atoms with Gasteiger partial charge in [0, 0.05) is 19.1 Å². The number of ether oxygens (including phenoxy) is 2. The molecule has 0 aliphatic carbocycles. The highest BCUT2D eigenvalue weighted by Crippen LogP contribution is 2.32. The van der Waals surface area contributed by atoms with E-state index in [1.807, 2.05) is 6.92 Å². The highest BCUT2D eigenvalue weighted by Gasteiger charge is 2.11. The molecule has 0 radical (unpaired) electrons. The van der Waals surface area contributed by atoms with Gasteiger partial charge in [0.05, 0.1) is 18.6 Å². The van der Waals surface area contributed by atoms with Crippen molar-refractivity contribution < 1.29 is 14.4 Å². The van der Waals surface area contributed by atoms with Crippen LogP contribution in [0.25, 0.3) is 0 Å². The molecule has 0 unspecified atom stereocenters. The number of non-ortho nitro benzene ring substituents is 1. The van der Waals surface area contributed by atoms with Crippen molar-refractivity contribution in [1.82, 2.24) is 0 Å². The van der Waals surface area contributed by atoms with E-state index < -0.39 is 4.92 Å². The minimum Gasteiger partial charge on any atom is -0.491 e. The van der Waals surface area contributed by atoms with E-state index >= 15 is 0 Å². The fourth-order valence-corrected chi connectivity index (χ4v) is 1.26. The summed E-state index contributed by atoms with van der Waals surface area (Å²) >= 11 is 0. The number of nitrogens with zero attached hydrogens (tertiary/aromatic N) is 2. The lowest BCUT2D eigenvalue weighted by Crippen LogP contribution is -1.98. The summed E-state index contributed by atoms with van der Waals surface area (Å²) in [5, 5.41) is 10.7. The zero-order valence-corrected chi connectivity index (χ0v) is 10.7. The fraction of sp³-hybridized carbons (Fsp3) is 0.417. The van der Waals surface area contributed by atoms with Gasteiger partial charge in [0.2, 0.25) is 0 Å². The van der Waals surface area contributed by atoms with Gasteiger partial charge >= 0.3 is 0 Å². The molecule has 0 aliphatic rings. The van der Waals surface area contributed by atoms with Crippen molar-refractivity contribution in [2.24, 2.45) is 4.99 Å². The molecule has 1 aromatic carbocycles. The summed E-state index contributed by atoms with van der Waals surface area (Å²) in [6, 6.07) is 4.31. The Morgan fingerprint density at radius 1 is 1.50 bits per heavy atom. The summed E-state index contributed by atoms with van der Waals surface area (Å²) in [7, 11) is 1.49. The molecule has 0 amide bonds. The van der Waals surface area contributed by atoms with Gasteiger partial charge in [-0.2, -0.15) is 0 Å². The first kappa shape index (κ1) is 14.0. The highest BCUT2D eigenvalue weighted by molar-refractivity contribution is 5.78. The number of nitro benzene ring substituents is 1. The third-order valence-electron chi connectivity index (χ3n) is 2.19. The fourth-order valence-electron chi connectivity index (χ4n) is 1.26. The van der Waals surface area contributed by atoms with E-state index in [2.05, 4.69) is 4.99 Å². The minimum absolute atomic E-state index is 0.0264. The summed E-state index contributed by atoms with van der Waals surface area (Å²) in [5.74, 6) is 0.927. The van der Waals surface area contributed by atoms with Crippen molar-refractivity contribution >= 4 is 17.3 Å². The molecule has 6 heteroatoms. The van der Waals surface area contributed by atoms with Crippen LogP contribution in [-0.4, -0.2) is 24.5 Å². The van der Waals surface area contributed by atoms with Gasteiger partial charge in [0.15, 0.2) is 5.90 Å². The van der Waals surface area contributed by atoms with E-state index in [-0.39, 0.29) is 5.69 Å². The van der Waals surface area contributed by atoms with Crippen molar-refractivity contribution in [2.75, 3.05) is 13.7 Å². The van der Waals surface area contributed by atoms with Crippen molar-refractivity contribution in [3.63, 3.8) is 0 Å². The third-order valence-corrected chi connectivity index (χ3v) is 2.19. The Bertz CT molecular complexity index is 457. The first-order valence-electron chi connectivity index (χ1n) is 5.59. The molecule has 0 heterocycles. The second-order valence-electron chi connectivity index (χ2n) is 3.59. The maximum atomic E-state index is 10.7. The van der Waals surface area contributed by atoms with E-state index in [9.17, 15) is 10.1 Å². The van der Waals surface area contributed by atoms with E-state index in [1.165, 1.54) is 19.2 Å². The van der Waals surface area contributed by atoms with Gasteiger partial charge in [0.1, 0.15) is 11.4 Å². The number of aliphatic imine (C=N–C) groups is 1. The van der Waals surface area contributed by atoms with Gasteiger partial charge in [0.25, 0.3) is 5.69 Å². The minimum atomic E-state index is -0.468. The molecule has 0 N–H and O–H groups in total. The Hall–Kier alpha value is -2.11. The largest absolute Gasteiger partial charge is 0.491 e. The van der Waals surface area contributed by atoms with Crippen LogP contribution in [0.1, 0.15) is 20.3 Å². The van der Waals surface area contributed by atoms with Crippen LogP contribution in [0.3, 0.4) is 0 Å². The quantitative estimate of drug-likeness (QED) is 0.349. The average Bonchev–Trinajstić information content (AvgIpc) is 2.36. The standard InChI is InChI=1S/C12H16N2O4/c1-4-7-18-12-6-5-10(14(15)16)8-11(12)13-9(2)17-3/h5-6,8H,4,7H2,1-3H3. The van der Waals surface area contributed by atoms with Crippen LogP contribution >= 0.6 is 0 Å². The van der Waals surface area contributed by atoms with Crippen LogP contribution in [0, 0.1) is 10.1 Å². The predicted molar refractivity (Wildman–Crippen MR) is 68.7 cm³/mol. The molecule has 0 bridgehead atoms. The maximum Gasteiger partial charge on any atom is 0.271 e. The molecule has 6 nitrogen and oxygen atoms in total. The van der Waals surface area contributed by atoms with Gasteiger partial charge in [-0.1, -0.05) is 6.92 Å². The lowest BCUT2D eigenvalue weighted by atomic mass is 10.2. The van der Waals surface area contributed by atoms with Crippen molar-refractivity contribution in [3.8, 4) is 5.75 Å². The van der Waals surface area contributed by atoms with Crippen LogP contribution < -0.4 is 4.74 Å². The molecular weight excluding hydrogens is 236 g/mol. The molecule has 0 aliphatic heterocycles. The van der Waals surface area contributed by atoms with E-state index in [0.717, 1.165) is 6.42 Å². The lowest BCUT2D eigenvalue weighted by molar-refractivity contribution is -0.384. The van der Waals surface area contributed by atoms with E-state index in [0.29, 0.717) is 23.9 Å². The van der Waals surface area contributed by atoms with Crippen molar-refractivity contribution in [3.05, 3.63) is 28.3 Å². The Balaban J connectivity index is 3.13. The van der Waals surface area contributed by atoms with Gasteiger partial charge in [-0.3, -0.25) is 10.1 Å². The molecule has 1 rings (SSSR count). The summed E-state index contributed by atoms with van der Waals surface area (Å²) in [6.07, 6.45) is 0.851. The molecule has 0 saturated carbocycles. The van der Waals surface area contributed by atoms with Crippen LogP contribution in [-0.2, 0) is 4.74 Å². The van der Waals surface area contributed by atoms with E-state index in [4.69, 9.17) is 9.47 Å². The Morgan fingerprint density at radius 2 is 2.22 bits per heavy atom. The Labute approximate surface area is 105 Å². The van der Waals surface area contributed by atoms with Crippen LogP contribution in [0.15, 0.2) is 23.2 Å². The molecule has 0 atom stereocenters. The first-order valence-corrected chi connectivity index (χ1v) is 5.59. The van der Waals surface area contributed by atoms with Gasteiger partial charge < -0.3 is 9.47 Å². The van der Waals surface area contributed by atoms with Crippen LogP contribution in [0.2, 0.25) is 0 Å². The summed E-state index contributed by atoms with van der Waals surface area (Å²) in [5.41, 5.74) is 0.374. The SMILES string of the molecule is CCCOc1ccc([N+](=O)[O-])cc1N=C(C)OC. The third kappa shape index (κ3) is 3.73. The van der Waals surface area contributed by atoms with Gasteiger partial charge in [-0.25, -0.2) is 4.99 Å². The van der Waals surface area contributed by atoms with Gasteiger partial charge in [-0.15, -0.1) is 0 Å². The first-order chi connectivity index (χ1) is 8.58. The molecule has 0 spiro atoms. The molecular formula is C12H16N2O4. The molecule has 0 aromatic heterocycles. The van der Waals surface area contributed by atoms with Crippen LogP contribution in [0.4, 0.5) is 11.4 Å². The topological polar surface area (TPSA) is 74.0 Å². The van der Waals surface area contributed by atoms with Crippen molar-refractivity contribution in [1.29, 1.82) is 0 Å². The molecule has 18 heavy (non-hydrogen) atoms. The molecule has 0 saturated heterocycles. The second kappa shape index (κ2) is 6.58. The lowest BCUT2D eigenvalue weighted by Gasteiger charge is -2.08. The van der Waals surface area contributed by atoms with E-state index in [1.54, 1.807) is 13.0 Å². The van der Waals surface area contributed by atoms with Crippen LogP contribution in [0.5, 0.6) is 5.75 Å². The molecule has 98 valence electrons. The molecule has 1 aromatic rings. The second-order valence-corrected chi connectivity index (χ2v) is 3.59. The zero-order chi connectivity index (χ0) is 13.5. The zero-order valence-electron chi connectivity index (χ0n) is 10.7. The normalized spacial score (nSPS) is 11.2. The number of rotatable bonds is 5. The molecule has 0 fully saturated rings. The highest BCUT2D eigenvalue weighted by atomic mass is 16.6. The number of hydrogen-bond acceptors (Lipinski definition) is 5.